The molecule has 1 aromatic carbocycles. The van der Waals surface area contributed by atoms with E-state index in [4.69, 9.17) is 9.84 Å². The highest BCUT2D eigenvalue weighted by Gasteiger charge is 2.13. The van der Waals surface area contributed by atoms with E-state index < -0.39 is 5.97 Å². The molecular weight excluding hydrogens is 266 g/mol. The zero-order valence-electron chi connectivity index (χ0n) is 9.90. The van der Waals surface area contributed by atoms with Gasteiger partial charge in [-0.25, -0.2) is 14.3 Å². The number of carboxylic acid groups (broad SMARTS) is 1. The van der Waals surface area contributed by atoms with Crippen molar-refractivity contribution in [2.45, 2.75) is 0 Å². The minimum Gasteiger partial charge on any atom is -0.497 e. The fourth-order valence-corrected chi connectivity index (χ4v) is 2.55. The number of carbonyl (C=O) groups is 1. The molecule has 19 heavy (non-hydrogen) atoms. The minimum atomic E-state index is -1.05. The standard InChI is InChI=1S/C12H9N3O3S/c1-18-8-4-2-3-7(5-8)10-14-15-6-9(11(16)17)13-12(15)19-10/h2-6H,1H3,(H,16,17). The van der Waals surface area contributed by atoms with Gasteiger partial charge in [0.25, 0.3) is 0 Å². The van der Waals surface area contributed by atoms with Crippen LogP contribution in [0.2, 0.25) is 0 Å². The van der Waals surface area contributed by atoms with Crippen molar-refractivity contribution in [3.63, 3.8) is 0 Å². The van der Waals surface area contributed by atoms with Crippen LogP contribution in [0.25, 0.3) is 15.5 Å². The third-order valence-corrected chi connectivity index (χ3v) is 3.55. The van der Waals surface area contributed by atoms with Gasteiger partial charge in [-0.15, -0.1) is 0 Å². The Labute approximate surface area is 111 Å². The highest BCUT2D eigenvalue weighted by Crippen LogP contribution is 2.28. The predicted molar refractivity (Wildman–Crippen MR) is 69.8 cm³/mol. The monoisotopic (exact) mass is 275 g/mol. The lowest BCUT2D eigenvalue weighted by Crippen LogP contribution is -1.95. The van der Waals surface area contributed by atoms with E-state index in [1.165, 1.54) is 22.0 Å². The number of imidazole rings is 1. The van der Waals surface area contributed by atoms with E-state index in [0.29, 0.717) is 4.96 Å². The van der Waals surface area contributed by atoms with Gasteiger partial charge in [-0.3, -0.25) is 0 Å². The molecule has 0 spiro atoms. The third kappa shape index (κ3) is 2.04. The highest BCUT2D eigenvalue weighted by molar-refractivity contribution is 7.19. The Bertz CT molecular complexity index is 731. The van der Waals surface area contributed by atoms with Crippen LogP contribution in [-0.4, -0.2) is 32.8 Å². The molecule has 0 unspecified atom stereocenters. The molecule has 3 rings (SSSR count). The van der Waals surface area contributed by atoms with Crippen molar-refractivity contribution in [2.75, 3.05) is 7.11 Å². The Morgan fingerprint density at radius 3 is 3.00 bits per heavy atom. The van der Waals surface area contributed by atoms with E-state index in [1.807, 2.05) is 24.3 Å². The summed E-state index contributed by atoms with van der Waals surface area (Å²) in [6, 6.07) is 7.51. The molecule has 3 aromatic rings. The van der Waals surface area contributed by atoms with E-state index in [9.17, 15) is 4.79 Å². The quantitative estimate of drug-likeness (QED) is 0.792. The summed E-state index contributed by atoms with van der Waals surface area (Å²) < 4.78 is 6.63. The molecule has 96 valence electrons. The Morgan fingerprint density at radius 2 is 2.32 bits per heavy atom. The van der Waals surface area contributed by atoms with Crippen LogP contribution in [-0.2, 0) is 0 Å². The largest absolute Gasteiger partial charge is 0.497 e. The van der Waals surface area contributed by atoms with Crippen molar-refractivity contribution in [2.24, 2.45) is 0 Å². The molecule has 0 bridgehead atoms. The van der Waals surface area contributed by atoms with Gasteiger partial charge in [-0.05, 0) is 12.1 Å². The van der Waals surface area contributed by atoms with Gasteiger partial charge < -0.3 is 9.84 Å². The van der Waals surface area contributed by atoms with Gasteiger partial charge in [0.2, 0.25) is 4.96 Å². The molecule has 2 aromatic heterocycles. The molecule has 0 fully saturated rings. The molecule has 0 aliphatic carbocycles. The van der Waals surface area contributed by atoms with E-state index in [-0.39, 0.29) is 5.69 Å². The molecule has 1 N–H and O–H groups in total. The van der Waals surface area contributed by atoms with Crippen LogP contribution in [0.4, 0.5) is 0 Å². The van der Waals surface area contributed by atoms with Crippen LogP contribution in [0.3, 0.4) is 0 Å². The summed E-state index contributed by atoms with van der Waals surface area (Å²) in [7, 11) is 1.60. The maximum Gasteiger partial charge on any atom is 0.356 e. The van der Waals surface area contributed by atoms with E-state index in [1.54, 1.807) is 7.11 Å². The number of carboxylic acids is 1. The highest BCUT2D eigenvalue weighted by atomic mass is 32.1. The number of nitrogens with zero attached hydrogens (tertiary/aromatic N) is 3. The Balaban J connectivity index is 2.05. The molecule has 2 heterocycles. The zero-order chi connectivity index (χ0) is 13.4. The van der Waals surface area contributed by atoms with Crippen LogP contribution in [0.5, 0.6) is 5.75 Å². The number of rotatable bonds is 3. The predicted octanol–water partition coefficient (Wildman–Crippen LogP) is 2.16. The van der Waals surface area contributed by atoms with Crippen molar-refractivity contribution in [1.29, 1.82) is 0 Å². The Morgan fingerprint density at radius 1 is 1.47 bits per heavy atom. The van der Waals surface area contributed by atoms with Gasteiger partial charge >= 0.3 is 5.97 Å². The minimum absolute atomic E-state index is 0.00376. The van der Waals surface area contributed by atoms with E-state index >= 15 is 0 Å². The van der Waals surface area contributed by atoms with Crippen LogP contribution in [0, 0.1) is 0 Å². The normalized spacial score (nSPS) is 10.8. The number of ether oxygens (including phenoxy) is 1. The first-order valence-corrected chi connectivity index (χ1v) is 6.23. The summed E-state index contributed by atoms with van der Waals surface area (Å²) in [5, 5.41) is 13.9. The average molecular weight is 275 g/mol. The van der Waals surface area contributed by atoms with Crippen molar-refractivity contribution in [3.05, 3.63) is 36.2 Å². The zero-order valence-corrected chi connectivity index (χ0v) is 10.7. The fourth-order valence-electron chi connectivity index (χ4n) is 1.68. The van der Waals surface area contributed by atoms with Gasteiger partial charge in [-0.2, -0.15) is 5.10 Å². The van der Waals surface area contributed by atoms with Crippen molar-refractivity contribution < 1.29 is 14.6 Å². The summed E-state index contributed by atoms with van der Waals surface area (Å²) in [5.74, 6) is -0.308. The molecule has 0 saturated carbocycles. The number of hydrogen-bond donors (Lipinski definition) is 1. The Kier molecular flexibility index (Phi) is 2.68. The number of aromatic nitrogens is 3. The fraction of sp³-hybridized carbons (Fsp3) is 0.0833. The molecule has 0 saturated heterocycles. The second kappa shape index (κ2) is 4.36. The molecular formula is C12H9N3O3S. The van der Waals surface area contributed by atoms with Gasteiger partial charge in [0.05, 0.1) is 13.3 Å². The lowest BCUT2D eigenvalue weighted by Gasteiger charge is -2.00. The molecule has 0 atom stereocenters. The molecule has 0 aliphatic rings. The van der Waals surface area contributed by atoms with Crippen LogP contribution in [0.15, 0.2) is 30.5 Å². The van der Waals surface area contributed by atoms with Crippen LogP contribution in [0.1, 0.15) is 10.5 Å². The number of hydrogen-bond acceptors (Lipinski definition) is 5. The second-order valence-corrected chi connectivity index (χ2v) is 4.75. The summed E-state index contributed by atoms with van der Waals surface area (Å²) in [6.07, 6.45) is 1.40. The summed E-state index contributed by atoms with van der Waals surface area (Å²) in [5.41, 5.74) is 0.905. The molecule has 6 nitrogen and oxygen atoms in total. The lowest BCUT2D eigenvalue weighted by atomic mass is 10.2. The molecule has 0 radical (unpaired) electrons. The van der Waals surface area contributed by atoms with Gasteiger partial charge in [-0.1, -0.05) is 23.5 Å². The molecule has 0 aliphatic heterocycles. The number of aromatic carboxylic acids is 1. The van der Waals surface area contributed by atoms with E-state index in [2.05, 4.69) is 10.1 Å². The van der Waals surface area contributed by atoms with Crippen LogP contribution >= 0.6 is 11.3 Å². The maximum absolute atomic E-state index is 10.8. The molecule has 0 amide bonds. The van der Waals surface area contributed by atoms with Gasteiger partial charge in [0, 0.05) is 5.56 Å². The number of methoxy groups -OCH3 is 1. The third-order valence-electron chi connectivity index (χ3n) is 2.58. The van der Waals surface area contributed by atoms with Crippen molar-refractivity contribution in [1.82, 2.24) is 14.6 Å². The lowest BCUT2D eigenvalue weighted by molar-refractivity contribution is 0.0691. The first kappa shape index (κ1) is 11.7. The topological polar surface area (TPSA) is 76.7 Å². The summed E-state index contributed by atoms with van der Waals surface area (Å²) in [6.45, 7) is 0. The SMILES string of the molecule is COc1cccc(-c2nn3cc(C(=O)O)nc3s2)c1. The van der Waals surface area contributed by atoms with Crippen LogP contribution < -0.4 is 4.74 Å². The smallest absolute Gasteiger partial charge is 0.356 e. The van der Waals surface area contributed by atoms with E-state index in [0.717, 1.165) is 16.3 Å². The molecule has 7 heteroatoms. The summed E-state index contributed by atoms with van der Waals surface area (Å²) in [4.78, 5) is 15.3. The van der Waals surface area contributed by atoms with Crippen molar-refractivity contribution >= 4 is 22.3 Å². The van der Waals surface area contributed by atoms with Gasteiger partial charge in [0.1, 0.15) is 10.8 Å². The number of fused-ring (bicyclic) bond motifs is 1. The van der Waals surface area contributed by atoms with Crippen molar-refractivity contribution in [3.8, 4) is 16.3 Å². The summed E-state index contributed by atoms with van der Waals surface area (Å²) >= 11 is 1.33. The van der Waals surface area contributed by atoms with Gasteiger partial charge in [0.15, 0.2) is 5.69 Å². The average Bonchev–Trinajstić information content (AvgIpc) is 2.96. The Hall–Kier alpha value is -2.41. The first-order chi connectivity index (χ1) is 9.17. The number of benzene rings is 1. The first-order valence-electron chi connectivity index (χ1n) is 5.41. The maximum atomic E-state index is 10.8. The second-order valence-electron chi connectivity index (χ2n) is 3.80.